The predicted molar refractivity (Wildman–Crippen MR) is 80.9 cm³/mol. The third-order valence-corrected chi connectivity index (χ3v) is 3.52. The lowest BCUT2D eigenvalue weighted by Crippen LogP contribution is -1.86. The molecule has 0 fully saturated rings. The Morgan fingerprint density at radius 1 is 0.889 bits per heavy atom. The average Bonchev–Trinajstić information content (AvgIpc) is 2.89. The fourth-order valence-electron chi connectivity index (χ4n) is 2.36. The minimum atomic E-state index is 1.19. The van der Waals surface area contributed by atoms with Gasteiger partial charge in [-0.2, -0.15) is 0 Å². The second-order valence-corrected chi connectivity index (χ2v) is 5.20. The summed E-state index contributed by atoms with van der Waals surface area (Å²) in [7, 11) is 0. The molecule has 1 rings (SSSR count). The Bertz CT molecular complexity index is 274. The maximum Gasteiger partial charge on any atom is 0.0147 e. The lowest BCUT2D eigenvalue weighted by Gasteiger charge is -2.02. The van der Waals surface area contributed by atoms with Gasteiger partial charge >= 0.3 is 0 Å². The van der Waals surface area contributed by atoms with Crippen molar-refractivity contribution < 1.29 is 0 Å². The number of aromatic amines is 1. The molecule has 0 aliphatic heterocycles. The SMILES string of the molecule is C=CCCCCCCCCCCCc1ccc[nH]1. The van der Waals surface area contributed by atoms with Crippen molar-refractivity contribution in [3.05, 3.63) is 36.7 Å². The molecule has 0 saturated heterocycles. The summed E-state index contributed by atoms with van der Waals surface area (Å²) in [4.78, 5) is 3.27. The molecule has 1 aromatic rings. The van der Waals surface area contributed by atoms with E-state index >= 15 is 0 Å². The molecule has 102 valence electrons. The Balaban J connectivity index is 1.75. The molecule has 1 N–H and O–H groups in total. The zero-order valence-electron chi connectivity index (χ0n) is 11.8. The van der Waals surface area contributed by atoms with E-state index in [4.69, 9.17) is 0 Å². The Hall–Kier alpha value is -0.980. The van der Waals surface area contributed by atoms with Crippen LogP contribution in [0, 0.1) is 0 Å². The highest BCUT2D eigenvalue weighted by Gasteiger charge is 1.94. The first-order chi connectivity index (χ1) is 8.93. The van der Waals surface area contributed by atoms with Crippen molar-refractivity contribution in [3.63, 3.8) is 0 Å². The van der Waals surface area contributed by atoms with Crippen LogP contribution in [0.15, 0.2) is 31.0 Å². The summed E-state index contributed by atoms with van der Waals surface area (Å²) in [6, 6.07) is 4.27. The average molecular weight is 247 g/mol. The first-order valence-electron chi connectivity index (χ1n) is 7.66. The van der Waals surface area contributed by atoms with Crippen molar-refractivity contribution in [1.82, 2.24) is 4.98 Å². The fourth-order valence-corrected chi connectivity index (χ4v) is 2.36. The molecular formula is C17H29N. The van der Waals surface area contributed by atoms with E-state index in [9.17, 15) is 0 Å². The minimum Gasteiger partial charge on any atom is -0.365 e. The van der Waals surface area contributed by atoms with Crippen molar-refractivity contribution in [2.45, 2.75) is 70.6 Å². The van der Waals surface area contributed by atoms with E-state index in [1.807, 2.05) is 12.3 Å². The van der Waals surface area contributed by atoms with Crippen LogP contribution in [0.3, 0.4) is 0 Å². The molecule has 0 bridgehead atoms. The van der Waals surface area contributed by atoms with Crippen LogP contribution >= 0.6 is 0 Å². The van der Waals surface area contributed by atoms with Crippen LogP contribution in [0.2, 0.25) is 0 Å². The Labute approximate surface area is 113 Å². The van der Waals surface area contributed by atoms with Crippen LogP contribution in [0.1, 0.15) is 69.9 Å². The highest BCUT2D eigenvalue weighted by molar-refractivity contribution is 5.03. The summed E-state index contributed by atoms with van der Waals surface area (Å²) >= 11 is 0. The van der Waals surface area contributed by atoms with Crippen molar-refractivity contribution in [2.75, 3.05) is 0 Å². The number of hydrogen-bond donors (Lipinski definition) is 1. The van der Waals surface area contributed by atoms with Crippen molar-refractivity contribution in [1.29, 1.82) is 0 Å². The number of unbranched alkanes of at least 4 members (excludes halogenated alkanes) is 9. The number of aromatic nitrogens is 1. The predicted octanol–water partition coefficient (Wildman–Crippen LogP) is 5.64. The molecule has 18 heavy (non-hydrogen) atoms. The summed E-state index contributed by atoms with van der Waals surface area (Å²) in [6.07, 6.45) is 19.0. The first kappa shape index (κ1) is 15.1. The number of allylic oxidation sites excluding steroid dienone is 1. The minimum absolute atomic E-state index is 1.19. The van der Waals surface area contributed by atoms with Crippen LogP contribution in [-0.2, 0) is 6.42 Å². The highest BCUT2D eigenvalue weighted by Crippen LogP contribution is 2.11. The van der Waals surface area contributed by atoms with Gasteiger partial charge in [0.25, 0.3) is 0 Å². The summed E-state index contributed by atoms with van der Waals surface area (Å²) in [5.41, 5.74) is 1.39. The maximum absolute atomic E-state index is 3.75. The molecule has 0 spiro atoms. The zero-order valence-corrected chi connectivity index (χ0v) is 11.8. The van der Waals surface area contributed by atoms with E-state index in [-0.39, 0.29) is 0 Å². The Morgan fingerprint density at radius 3 is 2.06 bits per heavy atom. The third kappa shape index (κ3) is 8.16. The number of nitrogens with one attached hydrogen (secondary N) is 1. The fraction of sp³-hybridized carbons (Fsp3) is 0.647. The molecule has 0 radical (unpaired) electrons. The van der Waals surface area contributed by atoms with Crippen LogP contribution in [0.5, 0.6) is 0 Å². The molecule has 1 nitrogen and oxygen atoms in total. The summed E-state index contributed by atoms with van der Waals surface area (Å²) < 4.78 is 0. The van der Waals surface area contributed by atoms with Gasteiger partial charge in [-0.1, -0.05) is 51.0 Å². The van der Waals surface area contributed by atoms with E-state index in [2.05, 4.69) is 23.7 Å². The summed E-state index contributed by atoms with van der Waals surface area (Å²) in [5.74, 6) is 0. The smallest absolute Gasteiger partial charge is 0.0147 e. The normalized spacial score (nSPS) is 10.7. The molecule has 1 heterocycles. The van der Waals surface area contributed by atoms with Gasteiger partial charge in [-0.05, 0) is 37.8 Å². The molecule has 0 saturated carbocycles. The lowest BCUT2D eigenvalue weighted by atomic mass is 10.1. The van der Waals surface area contributed by atoms with E-state index in [1.54, 1.807) is 0 Å². The second kappa shape index (κ2) is 11.1. The molecule has 0 aliphatic rings. The number of rotatable bonds is 12. The van der Waals surface area contributed by atoms with Gasteiger partial charge in [-0.25, -0.2) is 0 Å². The second-order valence-electron chi connectivity index (χ2n) is 5.20. The van der Waals surface area contributed by atoms with Crippen molar-refractivity contribution >= 4 is 0 Å². The van der Waals surface area contributed by atoms with E-state index < -0.39 is 0 Å². The van der Waals surface area contributed by atoms with Gasteiger partial charge in [0.1, 0.15) is 0 Å². The monoisotopic (exact) mass is 247 g/mol. The van der Waals surface area contributed by atoms with Gasteiger partial charge in [-0.15, -0.1) is 6.58 Å². The molecule has 0 amide bonds. The van der Waals surface area contributed by atoms with E-state index in [0.29, 0.717) is 0 Å². The molecular weight excluding hydrogens is 218 g/mol. The molecule has 1 heteroatoms. The maximum atomic E-state index is 3.75. The molecule has 1 aromatic heterocycles. The standard InChI is InChI=1S/C17H29N/c1-2-3-4-5-6-7-8-9-10-11-12-14-17-15-13-16-18-17/h2,13,15-16,18H,1,3-12,14H2. The topological polar surface area (TPSA) is 15.8 Å². The van der Waals surface area contributed by atoms with Gasteiger partial charge in [-0.3, -0.25) is 0 Å². The highest BCUT2D eigenvalue weighted by atomic mass is 14.7. The number of H-pyrrole nitrogens is 1. The van der Waals surface area contributed by atoms with Gasteiger partial charge in [0, 0.05) is 11.9 Å². The molecule has 0 aliphatic carbocycles. The Kier molecular flexibility index (Phi) is 9.32. The number of hydrogen-bond acceptors (Lipinski definition) is 0. The van der Waals surface area contributed by atoms with Crippen LogP contribution in [-0.4, -0.2) is 4.98 Å². The van der Waals surface area contributed by atoms with Gasteiger partial charge in [0.2, 0.25) is 0 Å². The van der Waals surface area contributed by atoms with E-state index in [0.717, 1.165) is 0 Å². The van der Waals surface area contributed by atoms with Gasteiger partial charge < -0.3 is 4.98 Å². The first-order valence-corrected chi connectivity index (χ1v) is 7.66. The summed E-state index contributed by atoms with van der Waals surface area (Å²) in [6.45, 7) is 3.75. The third-order valence-electron chi connectivity index (χ3n) is 3.52. The summed E-state index contributed by atoms with van der Waals surface area (Å²) in [5, 5.41) is 0. The zero-order chi connectivity index (χ0) is 12.9. The largest absolute Gasteiger partial charge is 0.365 e. The van der Waals surface area contributed by atoms with Crippen molar-refractivity contribution in [3.8, 4) is 0 Å². The number of aryl methyl sites for hydroxylation is 1. The van der Waals surface area contributed by atoms with E-state index in [1.165, 1.54) is 76.3 Å². The Morgan fingerprint density at radius 2 is 1.50 bits per heavy atom. The molecule has 0 aromatic carbocycles. The van der Waals surface area contributed by atoms with Gasteiger partial charge in [0.05, 0.1) is 0 Å². The van der Waals surface area contributed by atoms with Crippen molar-refractivity contribution in [2.24, 2.45) is 0 Å². The quantitative estimate of drug-likeness (QED) is 0.363. The molecule has 0 unspecified atom stereocenters. The van der Waals surface area contributed by atoms with Crippen LogP contribution in [0.25, 0.3) is 0 Å². The lowest BCUT2D eigenvalue weighted by molar-refractivity contribution is 0.559. The van der Waals surface area contributed by atoms with Crippen LogP contribution in [0.4, 0.5) is 0 Å². The van der Waals surface area contributed by atoms with Gasteiger partial charge in [0.15, 0.2) is 0 Å². The van der Waals surface area contributed by atoms with Crippen LogP contribution < -0.4 is 0 Å². The molecule has 0 atom stereocenters.